The highest BCUT2D eigenvalue weighted by Gasteiger charge is 2.28. The Hall–Kier alpha value is -2.78. The molecule has 1 aliphatic rings. The SMILES string of the molecule is COc1ccc(N(CCCC(=O)N(Cc2cccc(Cl)c2)[C@@H](C)C(=O)NC2CCCC2)S(C)(=O)=O)cc1. The number of carbonyl (C=O) groups excluding carboxylic acids is 2. The van der Waals surface area contributed by atoms with Crippen LogP contribution in [0.1, 0.15) is 51.0 Å². The van der Waals surface area contributed by atoms with E-state index in [-0.39, 0.29) is 37.4 Å². The van der Waals surface area contributed by atoms with Crippen LogP contribution < -0.4 is 14.4 Å². The molecule has 2 aromatic rings. The highest BCUT2D eigenvalue weighted by atomic mass is 35.5. The van der Waals surface area contributed by atoms with Gasteiger partial charge in [0.15, 0.2) is 0 Å². The molecule has 1 fully saturated rings. The summed E-state index contributed by atoms with van der Waals surface area (Å²) in [6.07, 6.45) is 5.61. The maximum atomic E-state index is 13.4. The van der Waals surface area contributed by atoms with Crippen molar-refractivity contribution in [1.82, 2.24) is 10.2 Å². The number of anilines is 1. The van der Waals surface area contributed by atoms with Crippen molar-refractivity contribution in [2.75, 3.05) is 24.2 Å². The van der Waals surface area contributed by atoms with Gasteiger partial charge in [-0.2, -0.15) is 0 Å². The van der Waals surface area contributed by atoms with E-state index < -0.39 is 16.1 Å². The number of nitrogens with zero attached hydrogens (tertiary/aromatic N) is 2. The number of sulfonamides is 1. The highest BCUT2D eigenvalue weighted by molar-refractivity contribution is 7.92. The molecule has 202 valence electrons. The quantitative estimate of drug-likeness (QED) is 0.424. The molecule has 0 aromatic heterocycles. The maximum Gasteiger partial charge on any atom is 0.242 e. The van der Waals surface area contributed by atoms with E-state index in [1.165, 1.54) is 4.31 Å². The van der Waals surface area contributed by atoms with Gasteiger partial charge in [-0.25, -0.2) is 8.42 Å². The fourth-order valence-corrected chi connectivity index (χ4v) is 5.74. The van der Waals surface area contributed by atoms with Gasteiger partial charge in [0.2, 0.25) is 21.8 Å². The molecule has 0 saturated heterocycles. The summed E-state index contributed by atoms with van der Waals surface area (Å²) in [6.45, 7) is 2.09. The Bertz CT molecular complexity index is 1170. The van der Waals surface area contributed by atoms with Gasteiger partial charge in [-0.05, 0) is 68.1 Å². The molecule has 0 radical (unpaired) electrons. The summed E-state index contributed by atoms with van der Waals surface area (Å²) >= 11 is 6.15. The van der Waals surface area contributed by atoms with Crippen LogP contribution in [0, 0.1) is 0 Å². The van der Waals surface area contributed by atoms with E-state index in [4.69, 9.17) is 16.3 Å². The molecule has 0 aliphatic heterocycles. The molecule has 1 aliphatic carbocycles. The van der Waals surface area contributed by atoms with Gasteiger partial charge in [0.05, 0.1) is 19.1 Å². The van der Waals surface area contributed by atoms with Crippen molar-refractivity contribution in [1.29, 1.82) is 0 Å². The number of amides is 2. The Morgan fingerprint density at radius 2 is 1.81 bits per heavy atom. The molecule has 0 spiro atoms. The van der Waals surface area contributed by atoms with Crippen LogP contribution in [0.3, 0.4) is 0 Å². The number of hydrogen-bond donors (Lipinski definition) is 1. The molecular weight excluding hydrogens is 514 g/mol. The molecule has 3 rings (SSSR count). The predicted octanol–water partition coefficient (Wildman–Crippen LogP) is 4.37. The lowest BCUT2D eigenvalue weighted by molar-refractivity contribution is -0.141. The van der Waals surface area contributed by atoms with Crippen molar-refractivity contribution in [3.05, 3.63) is 59.1 Å². The molecule has 0 unspecified atom stereocenters. The largest absolute Gasteiger partial charge is 0.497 e. The third-order valence-corrected chi connectivity index (χ3v) is 8.05. The normalized spacial score (nSPS) is 14.7. The third-order valence-electron chi connectivity index (χ3n) is 6.62. The number of rotatable bonds is 12. The number of ether oxygens (including phenoxy) is 1. The Kier molecular flexibility index (Phi) is 10.2. The van der Waals surface area contributed by atoms with E-state index in [2.05, 4.69) is 5.32 Å². The second-order valence-electron chi connectivity index (χ2n) is 9.45. The second kappa shape index (κ2) is 13.1. The van der Waals surface area contributed by atoms with Crippen molar-refractivity contribution in [3.63, 3.8) is 0 Å². The van der Waals surface area contributed by atoms with E-state index in [1.807, 2.05) is 12.1 Å². The van der Waals surface area contributed by atoms with Crippen LogP contribution in [0.5, 0.6) is 5.75 Å². The van der Waals surface area contributed by atoms with Gasteiger partial charge in [-0.1, -0.05) is 36.6 Å². The van der Waals surface area contributed by atoms with E-state index >= 15 is 0 Å². The fraction of sp³-hybridized carbons (Fsp3) is 0.481. The zero-order valence-corrected chi connectivity index (χ0v) is 23.2. The number of halogens is 1. The average molecular weight is 550 g/mol. The van der Waals surface area contributed by atoms with Gasteiger partial charge in [0, 0.05) is 30.6 Å². The molecule has 0 heterocycles. The molecule has 1 N–H and O–H groups in total. The molecule has 2 aromatic carbocycles. The van der Waals surface area contributed by atoms with Crippen LogP contribution in [0.25, 0.3) is 0 Å². The summed E-state index contributed by atoms with van der Waals surface area (Å²) in [6, 6.07) is 13.4. The minimum Gasteiger partial charge on any atom is -0.497 e. The van der Waals surface area contributed by atoms with Crippen molar-refractivity contribution in [2.24, 2.45) is 0 Å². The molecule has 0 bridgehead atoms. The highest BCUT2D eigenvalue weighted by Crippen LogP contribution is 2.23. The summed E-state index contributed by atoms with van der Waals surface area (Å²) in [5.41, 5.74) is 1.31. The lowest BCUT2D eigenvalue weighted by Gasteiger charge is -2.30. The van der Waals surface area contributed by atoms with Gasteiger partial charge < -0.3 is 15.0 Å². The average Bonchev–Trinajstić information content (AvgIpc) is 3.37. The van der Waals surface area contributed by atoms with E-state index in [1.54, 1.807) is 55.3 Å². The van der Waals surface area contributed by atoms with Gasteiger partial charge in [-0.3, -0.25) is 13.9 Å². The van der Waals surface area contributed by atoms with Crippen molar-refractivity contribution in [2.45, 2.75) is 64.1 Å². The molecule has 8 nitrogen and oxygen atoms in total. The molecule has 1 saturated carbocycles. The summed E-state index contributed by atoms with van der Waals surface area (Å²) in [7, 11) is -2.02. The lowest BCUT2D eigenvalue weighted by Crippen LogP contribution is -2.49. The van der Waals surface area contributed by atoms with Crippen LogP contribution in [0.15, 0.2) is 48.5 Å². The lowest BCUT2D eigenvalue weighted by atomic mass is 10.1. The summed E-state index contributed by atoms with van der Waals surface area (Å²) in [5.74, 6) is 0.212. The summed E-state index contributed by atoms with van der Waals surface area (Å²) in [4.78, 5) is 28.0. The topological polar surface area (TPSA) is 96.0 Å². The molecule has 37 heavy (non-hydrogen) atoms. The van der Waals surface area contributed by atoms with Crippen molar-refractivity contribution in [3.8, 4) is 5.75 Å². The molecule has 1 atom stereocenters. The van der Waals surface area contributed by atoms with Crippen LogP contribution in [0.2, 0.25) is 5.02 Å². The Morgan fingerprint density at radius 3 is 2.41 bits per heavy atom. The number of hydrogen-bond acceptors (Lipinski definition) is 5. The molecule has 10 heteroatoms. The number of nitrogens with one attached hydrogen (secondary N) is 1. The smallest absolute Gasteiger partial charge is 0.242 e. The van der Waals surface area contributed by atoms with E-state index in [0.717, 1.165) is 37.5 Å². The van der Waals surface area contributed by atoms with Crippen LogP contribution in [-0.4, -0.2) is 57.1 Å². The number of benzene rings is 2. The van der Waals surface area contributed by atoms with E-state index in [9.17, 15) is 18.0 Å². The Labute approximate surface area is 225 Å². The fourth-order valence-electron chi connectivity index (χ4n) is 4.56. The van der Waals surface area contributed by atoms with Gasteiger partial charge in [0.1, 0.15) is 11.8 Å². The first-order valence-corrected chi connectivity index (χ1v) is 14.8. The van der Waals surface area contributed by atoms with Crippen molar-refractivity contribution < 1.29 is 22.7 Å². The standard InChI is InChI=1S/C27H36ClN3O5S/c1-20(27(33)29-23-10-4-5-11-23)30(19-21-8-6-9-22(28)18-21)26(32)12-7-17-31(37(3,34)35)24-13-15-25(36-2)16-14-24/h6,8-9,13-16,18,20,23H,4-5,7,10-12,17,19H2,1-3H3,(H,29,33)/t20-/m0/s1. The number of carbonyl (C=O) groups is 2. The Balaban J connectivity index is 1.71. The first kappa shape index (κ1) is 28.8. The first-order chi connectivity index (χ1) is 17.6. The monoisotopic (exact) mass is 549 g/mol. The van der Waals surface area contributed by atoms with Crippen molar-refractivity contribution >= 4 is 39.1 Å². The zero-order valence-electron chi connectivity index (χ0n) is 21.7. The van der Waals surface area contributed by atoms with Gasteiger partial charge in [0.25, 0.3) is 0 Å². The molecular formula is C27H36ClN3O5S. The van der Waals surface area contributed by atoms with Crippen LogP contribution >= 0.6 is 11.6 Å². The molecule has 2 amide bonds. The third kappa shape index (κ3) is 8.36. The van der Waals surface area contributed by atoms with Crippen LogP contribution in [-0.2, 0) is 26.2 Å². The predicted molar refractivity (Wildman–Crippen MR) is 146 cm³/mol. The maximum absolute atomic E-state index is 13.4. The summed E-state index contributed by atoms with van der Waals surface area (Å²) < 4.78 is 31.4. The zero-order chi connectivity index (χ0) is 27.0. The number of methoxy groups -OCH3 is 1. The summed E-state index contributed by atoms with van der Waals surface area (Å²) in [5, 5.41) is 3.63. The van der Waals surface area contributed by atoms with E-state index in [0.29, 0.717) is 22.9 Å². The Morgan fingerprint density at radius 1 is 1.14 bits per heavy atom. The first-order valence-electron chi connectivity index (χ1n) is 12.5. The minimum atomic E-state index is -3.56. The minimum absolute atomic E-state index is 0.0871. The van der Waals surface area contributed by atoms with Crippen LogP contribution in [0.4, 0.5) is 5.69 Å². The van der Waals surface area contributed by atoms with Gasteiger partial charge in [-0.15, -0.1) is 0 Å². The van der Waals surface area contributed by atoms with Gasteiger partial charge >= 0.3 is 0 Å². The second-order valence-corrected chi connectivity index (χ2v) is 11.8.